The number of rotatable bonds is 7. The molecule has 156 valence electrons. The Morgan fingerprint density at radius 2 is 1.74 bits per heavy atom. The van der Waals surface area contributed by atoms with E-state index in [1.54, 1.807) is 12.1 Å². The van der Waals surface area contributed by atoms with Crippen LogP contribution in [0.3, 0.4) is 0 Å². The van der Waals surface area contributed by atoms with Gasteiger partial charge in [-0.3, -0.25) is 10.1 Å². The van der Waals surface area contributed by atoms with Gasteiger partial charge in [0.1, 0.15) is 6.61 Å². The largest absolute Gasteiger partial charge is 0.493 e. The van der Waals surface area contributed by atoms with Gasteiger partial charge in [-0.15, -0.1) is 5.10 Å². The maximum Gasteiger partial charge on any atom is 0.322 e. The summed E-state index contributed by atoms with van der Waals surface area (Å²) in [6.45, 7) is 0.367. The van der Waals surface area contributed by atoms with Gasteiger partial charge in [-0.25, -0.2) is 0 Å². The van der Waals surface area contributed by atoms with Gasteiger partial charge in [-0.05, 0) is 45.8 Å². The monoisotopic (exact) mass is 479 g/mol. The summed E-state index contributed by atoms with van der Waals surface area (Å²) < 4.78 is 17.5. The molecule has 0 spiro atoms. The summed E-state index contributed by atoms with van der Waals surface area (Å²) in [4.78, 5) is 12.7. The van der Waals surface area contributed by atoms with Gasteiger partial charge in [-0.2, -0.15) is 0 Å². The minimum absolute atomic E-state index is 0.00310. The van der Waals surface area contributed by atoms with Gasteiger partial charge in [0.25, 0.3) is 5.91 Å². The van der Waals surface area contributed by atoms with Crippen molar-refractivity contribution in [3.05, 3.63) is 88.4 Å². The summed E-state index contributed by atoms with van der Waals surface area (Å²) in [6.07, 6.45) is 0. The van der Waals surface area contributed by atoms with E-state index in [1.807, 2.05) is 60.7 Å². The number of carbonyl (C=O) groups is 1. The molecule has 0 saturated heterocycles. The Hall–Kier alpha value is -3.65. The molecule has 1 aromatic heterocycles. The third-order valence-corrected chi connectivity index (χ3v) is 4.97. The number of nitrogens with one attached hydrogen (secondary N) is 1. The quantitative estimate of drug-likeness (QED) is 0.385. The van der Waals surface area contributed by atoms with Gasteiger partial charge in [0.2, 0.25) is 5.89 Å². The summed E-state index contributed by atoms with van der Waals surface area (Å²) in [5.41, 5.74) is 2.12. The van der Waals surface area contributed by atoms with Gasteiger partial charge < -0.3 is 13.9 Å². The summed E-state index contributed by atoms with van der Waals surface area (Å²) in [7, 11) is 1.52. The average Bonchev–Trinajstić information content (AvgIpc) is 3.27. The van der Waals surface area contributed by atoms with E-state index in [1.165, 1.54) is 7.11 Å². The standard InChI is InChI=1S/C23H18BrN3O4/c1-29-19-13-17(12-18(24)20(19)30-14-15-8-4-2-5-9-15)21(28)25-23-27-26-22(31-23)16-10-6-3-7-11-16/h2-13H,14H2,1H3,(H,25,27,28). The summed E-state index contributed by atoms with van der Waals surface area (Å²) in [5.74, 6) is 0.828. The molecule has 0 bridgehead atoms. The lowest BCUT2D eigenvalue weighted by molar-refractivity contribution is 0.102. The highest BCUT2D eigenvalue weighted by Gasteiger charge is 2.18. The van der Waals surface area contributed by atoms with E-state index in [2.05, 4.69) is 31.4 Å². The van der Waals surface area contributed by atoms with Crippen molar-refractivity contribution in [3.8, 4) is 23.0 Å². The second-order valence-electron chi connectivity index (χ2n) is 6.50. The van der Waals surface area contributed by atoms with E-state index in [0.29, 0.717) is 34.0 Å². The SMILES string of the molecule is COc1cc(C(=O)Nc2nnc(-c3ccccc3)o2)cc(Br)c1OCc1ccccc1. The van der Waals surface area contributed by atoms with Crippen molar-refractivity contribution in [3.63, 3.8) is 0 Å². The fraction of sp³-hybridized carbons (Fsp3) is 0.0870. The van der Waals surface area contributed by atoms with Crippen LogP contribution in [0.25, 0.3) is 11.5 Å². The number of benzene rings is 3. The van der Waals surface area contributed by atoms with E-state index < -0.39 is 5.91 Å². The molecule has 31 heavy (non-hydrogen) atoms. The molecule has 1 amide bonds. The first-order chi connectivity index (χ1) is 15.1. The molecule has 0 unspecified atom stereocenters. The Labute approximate surface area is 187 Å². The molecule has 0 saturated carbocycles. The first kappa shape index (κ1) is 20.6. The minimum atomic E-state index is -0.420. The Bertz CT molecular complexity index is 1180. The van der Waals surface area contributed by atoms with Crippen molar-refractivity contribution in [1.29, 1.82) is 0 Å². The van der Waals surface area contributed by atoms with Crippen molar-refractivity contribution in [2.75, 3.05) is 12.4 Å². The number of nitrogens with zero attached hydrogens (tertiary/aromatic N) is 2. The van der Waals surface area contributed by atoms with Crippen LogP contribution < -0.4 is 14.8 Å². The number of aromatic nitrogens is 2. The first-order valence-corrected chi connectivity index (χ1v) is 10.2. The summed E-state index contributed by atoms with van der Waals surface area (Å²) in [5, 5.41) is 10.5. The van der Waals surface area contributed by atoms with Crippen LogP contribution in [0.4, 0.5) is 6.01 Å². The first-order valence-electron chi connectivity index (χ1n) is 9.38. The van der Waals surface area contributed by atoms with Crippen LogP contribution in [0.15, 0.2) is 81.7 Å². The molecule has 8 heteroatoms. The van der Waals surface area contributed by atoms with Gasteiger partial charge in [0, 0.05) is 11.1 Å². The van der Waals surface area contributed by atoms with Crippen LogP contribution in [0.2, 0.25) is 0 Å². The second-order valence-corrected chi connectivity index (χ2v) is 7.35. The smallest absolute Gasteiger partial charge is 0.322 e. The van der Waals surface area contributed by atoms with Crippen LogP contribution in [-0.2, 0) is 6.61 Å². The van der Waals surface area contributed by atoms with E-state index in [0.717, 1.165) is 11.1 Å². The lowest BCUT2D eigenvalue weighted by Crippen LogP contribution is -2.12. The number of hydrogen-bond donors (Lipinski definition) is 1. The fourth-order valence-electron chi connectivity index (χ4n) is 2.86. The Kier molecular flexibility index (Phi) is 6.28. The predicted molar refractivity (Wildman–Crippen MR) is 119 cm³/mol. The number of ether oxygens (including phenoxy) is 2. The number of hydrogen-bond acceptors (Lipinski definition) is 6. The predicted octanol–water partition coefficient (Wildman–Crippen LogP) is 5.34. The molecule has 0 aliphatic heterocycles. The highest BCUT2D eigenvalue weighted by molar-refractivity contribution is 9.10. The molecule has 0 atom stereocenters. The third kappa shape index (κ3) is 4.92. The zero-order chi connectivity index (χ0) is 21.6. The Balaban J connectivity index is 1.49. The maximum atomic E-state index is 12.7. The number of halogens is 1. The van der Waals surface area contributed by atoms with Crippen LogP contribution in [-0.4, -0.2) is 23.2 Å². The number of anilines is 1. The lowest BCUT2D eigenvalue weighted by atomic mass is 10.2. The van der Waals surface area contributed by atoms with Gasteiger partial charge in [0.15, 0.2) is 11.5 Å². The van der Waals surface area contributed by atoms with Crippen molar-refractivity contribution < 1.29 is 18.7 Å². The average molecular weight is 480 g/mol. The molecule has 0 aliphatic carbocycles. The highest BCUT2D eigenvalue weighted by atomic mass is 79.9. The molecular weight excluding hydrogens is 462 g/mol. The zero-order valence-electron chi connectivity index (χ0n) is 16.5. The lowest BCUT2D eigenvalue weighted by Gasteiger charge is -2.14. The third-order valence-electron chi connectivity index (χ3n) is 4.38. The number of amides is 1. The molecule has 0 fully saturated rings. The number of methoxy groups -OCH3 is 1. The molecule has 0 aliphatic rings. The van der Waals surface area contributed by atoms with Crippen LogP contribution in [0.1, 0.15) is 15.9 Å². The molecule has 4 aromatic rings. The van der Waals surface area contributed by atoms with Gasteiger partial charge in [-0.1, -0.05) is 53.6 Å². The second kappa shape index (κ2) is 9.44. The maximum absolute atomic E-state index is 12.7. The van der Waals surface area contributed by atoms with Gasteiger partial charge >= 0.3 is 6.01 Å². The van der Waals surface area contributed by atoms with Gasteiger partial charge in [0.05, 0.1) is 11.6 Å². The van der Waals surface area contributed by atoms with Crippen LogP contribution in [0.5, 0.6) is 11.5 Å². The number of carbonyl (C=O) groups excluding carboxylic acids is 1. The van der Waals surface area contributed by atoms with Crippen molar-refractivity contribution >= 4 is 27.9 Å². The Morgan fingerprint density at radius 1 is 1.03 bits per heavy atom. The van der Waals surface area contributed by atoms with E-state index in [-0.39, 0.29) is 6.01 Å². The molecule has 7 nitrogen and oxygen atoms in total. The van der Waals surface area contributed by atoms with Crippen LogP contribution >= 0.6 is 15.9 Å². The summed E-state index contributed by atoms with van der Waals surface area (Å²) >= 11 is 3.46. The van der Waals surface area contributed by atoms with Crippen molar-refractivity contribution in [2.24, 2.45) is 0 Å². The topological polar surface area (TPSA) is 86.5 Å². The van der Waals surface area contributed by atoms with E-state index in [4.69, 9.17) is 13.9 Å². The fourth-order valence-corrected chi connectivity index (χ4v) is 3.42. The Morgan fingerprint density at radius 3 is 2.45 bits per heavy atom. The van der Waals surface area contributed by atoms with Crippen molar-refractivity contribution in [2.45, 2.75) is 6.61 Å². The van der Waals surface area contributed by atoms with Crippen LogP contribution in [0, 0.1) is 0 Å². The van der Waals surface area contributed by atoms with Crippen molar-refractivity contribution in [1.82, 2.24) is 10.2 Å². The summed E-state index contributed by atoms with van der Waals surface area (Å²) in [6, 6.07) is 22.3. The molecule has 0 radical (unpaired) electrons. The molecule has 1 N–H and O–H groups in total. The molecule has 1 heterocycles. The molecule has 4 rings (SSSR count). The minimum Gasteiger partial charge on any atom is -0.493 e. The van der Waals surface area contributed by atoms with E-state index >= 15 is 0 Å². The molecular formula is C23H18BrN3O4. The normalized spacial score (nSPS) is 10.5. The highest BCUT2D eigenvalue weighted by Crippen LogP contribution is 2.37. The van der Waals surface area contributed by atoms with E-state index in [9.17, 15) is 4.79 Å². The molecule has 3 aromatic carbocycles. The zero-order valence-corrected chi connectivity index (χ0v) is 18.1.